The summed E-state index contributed by atoms with van der Waals surface area (Å²) in [6.45, 7) is 3.44. The molecule has 2 amide bonds. The van der Waals surface area contributed by atoms with Crippen LogP contribution in [0.5, 0.6) is 0 Å². The normalized spacial score (nSPS) is 19.6. The highest BCUT2D eigenvalue weighted by Gasteiger charge is 2.16. The third kappa shape index (κ3) is 4.21. The van der Waals surface area contributed by atoms with Crippen molar-refractivity contribution >= 4 is 6.03 Å². The van der Waals surface area contributed by atoms with Crippen LogP contribution in [0.25, 0.3) is 0 Å². The number of aryl methyl sites for hydroxylation is 1. The van der Waals surface area contributed by atoms with E-state index in [0.717, 1.165) is 30.6 Å². The van der Waals surface area contributed by atoms with Gasteiger partial charge in [-0.05, 0) is 30.9 Å². The summed E-state index contributed by atoms with van der Waals surface area (Å²) in [7, 11) is 0. The van der Waals surface area contributed by atoms with Gasteiger partial charge in [-0.1, -0.05) is 24.3 Å². The van der Waals surface area contributed by atoms with Gasteiger partial charge in [-0.3, -0.25) is 0 Å². The van der Waals surface area contributed by atoms with Gasteiger partial charge < -0.3 is 20.5 Å². The van der Waals surface area contributed by atoms with Gasteiger partial charge in [0.05, 0.1) is 12.2 Å². The van der Waals surface area contributed by atoms with E-state index in [1.807, 2.05) is 31.2 Å². The molecule has 5 heteroatoms. The van der Waals surface area contributed by atoms with Crippen molar-refractivity contribution in [1.29, 1.82) is 0 Å². The van der Waals surface area contributed by atoms with Crippen LogP contribution in [0.3, 0.4) is 0 Å². The molecule has 5 nitrogen and oxygen atoms in total. The van der Waals surface area contributed by atoms with Crippen LogP contribution in [0.15, 0.2) is 24.3 Å². The zero-order chi connectivity index (χ0) is 14.4. The van der Waals surface area contributed by atoms with Crippen LogP contribution in [0.4, 0.5) is 4.79 Å². The lowest BCUT2D eigenvalue weighted by Gasteiger charge is -2.16. The Kier molecular flexibility index (Phi) is 5.38. The minimum absolute atomic E-state index is 0.127. The molecule has 2 unspecified atom stereocenters. The van der Waals surface area contributed by atoms with Crippen molar-refractivity contribution in [3.63, 3.8) is 0 Å². The molecular formula is C15H22N2O3. The van der Waals surface area contributed by atoms with Crippen molar-refractivity contribution < 1.29 is 14.6 Å². The highest BCUT2D eigenvalue weighted by molar-refractivity contribution is 5.73. The fraction of sp³-hybridized carbons (Fsp3) is 0.533. The Morgan fingerprint density at radius 3 is 2.95 bits per heavy atom. The largest absolute Gasteiger partial charge is 0.387 e. The minimum atomic E-state index is -0.690. The van der Waals surface area contributed by atoms with Crippen LogP contribution >= 0.6 is 0 Å². The summed E-state index contributed by atoms with van der Waals surface area (Å²) < 4.78 is 5.42. The van der Waals surface area contributed by atoms with Crippen LogP contribution in [-0.2, 0) is 4.74 Å². The van der Waals surface area contributed by atoms with E-state index >= 15 is 0 Å². The SMILES string of the molecule is Cc1ccccc1C(O)CNC(=O)NCC1CCCO1. The van der Waals surface area contributed by atoms with Gasteiger partial charge in [0.25, 0.3) is 0 Å². The van der Waals surface area contributed by atoms with E-state index < -0.39 is 6.10 Å². The number of rotatable bonds is 5. The Hall–Kier alpha value is -1.59. The van der Waals surface area contributed by atoms with Gasteiger partial charge in [0, 0.05) is 19.7 Å². The Morgan fingerprint density at radius 2 is 2.25 bits per heavy atom. The number of carbonyl (C=O) groups excluding carboxylic acids is 1. The lowest BCUT2D eigenvalue weighted by molar-refractivity contribution is 0.111. The molecule has 20 heavy (non-hydrogen) atoms. The van der Waals surface area contributed by atoms with Gasteiger partial charge in [-0.15, -0.1) is 0 Å². The molecule has 1 aromatic rings. The van der Waals surface area contributed by atoms with Crippen LogP contribution < -0.4 is 10.6 Å². The number of nitrogens with one attached hydrogen (secondary N) is 2. The quantitative estimate of drug-likeness (QED) is 0.764. The average Bonchev–Trinajstić information content (AvgIpc) is 2.96. The fourth-order valence-corrected chi connectivity index (χ4v) is 2.33. The molecule has 110 valence electrons. The molecule has 0 spiro atoms. The molecule has 1 aromatic carbocycles. The highest BCUT2D eigenvalue weighted by Crippen LogP contribution is 2.16. The number of urea groups is 1. The fourth-order valence-electron chi connectivity index (χ4n) is 2.33. The second kappa shape index (κ2) is 7.26. The first-order chi connectivity index (χ1) is 9.66. The van der Waals surface area contributed by atoms with Crippen LogP contribution in [-0.4, -0.2) is 36.9 Å². The van der Waals surface area contributed by atoms with Gasteiger partial charge in [0.2, 0.25) is 0 Å². The maximum Gasteiger partial charge on any atom is 0.314 e. The standard InChI is InChI=1S/C15H22N2O3/c1-11-5-2-3-7-13(11)14(18)10-17-15(19)16-9-12-6-4-8-20-12/h2-3,5,7,12,14,18H,4,6,8-10H2,1H3,(H2,16,17,19). The van der Waals surface area contributed by atoms with Crippen molar-refractivity contribution in [3.05, 3.63) is 35.4 Å². The molecule has 0 aliphatic carbocycles. The summed E-state index contributed by atoms with van der Waals surface area (Å²) in [5.74, 6) is 0. The summed E-state index contributed by atoms with van der Waals surface area (Å²) >= 11 is 0. The summed E-state index contributed by atoms with van der Waals surface area (Å²) in [5.41, 5.74) is 1.86. The number of ether oxygens (including phenoxy) is 1. The Morgan fingerprint density at radius 1 is 1.45 bits per heavy atom. The monoisotopic (exact) mass is 278 g/mol. The molecule has 1 heterocycles. The molecule has 3 N–H and O–H groups in total. The van der Waals surface area contributed by atoms with E-state index in [1.165, 1.54) is 0 Å². The summed E-state index contributed by atoms with van der Waals surface area (Å²) in [6.07, 6.45) is 1.48. The van der Waals surface area contributed by atoms with Gasteiger partial charge >= 0.3 is 6.03 Å². The number of aliphatic hydroxyl groups is 1. The Labute approximate surface area is 119 Å². The number of hydrogen-bond acceptors (Lipinski definition) is 3. The van der Waals surface area contributed by atoms with Gasteiger partial charge in [0.1, 0.15) is 0 Å². The number of benzene rings is 1. The van der Waals surface area contributed by atoms with Crippen molar-refractivity contribution in [2.75, 3.05) is 19.7 Å². The number of hydrogen-bond donors (Lipinski definition) is 3. The molecular weight excluding hydrogens is 256 g/mol. The topological polar surface area (TPSA) is 70.6 Å². The molecule has 0 saturated carbocycles. The Bertz CT molecular complexity index is 444. The van der Waals surface area contributed by atoms with E-state index in [2.05, 4.69) is 10.6 Å². The summed E-state index contributed by atoms with van der Waals surface area (Å²) in [6, 6.07) is 7.34. The molecule has 1 saturated heterocycles. The van der Waals surface area contributed by atoms with E-state index in [-0.39, 0.29) is 18.7 Å². The predicted molar refractivity (Wildman–Crippen MR) is 76.5 cm³/mol. The number of amides is 2. The first-order valence-corrected chi connectivity index (χ1v) is 7.03. The summed E-state index contributed by atoms with van der Waals surface area (Å²) in [4.78, 5) is 11.6. The first kappa shape index (κ1) is 14.8. The average molecular weight is 278 g/mol. The van der Waals surface area contributed by atoms with Gasteiger partial charge in [0.15, 0.2) is 0 Å². The molecule has 0 radical (unpaired) electrons. The van der Waals surface area contributed by atoms with E-state index in [0.29, 0.717) is 6.54 Å². The second-order valence-electron chi connectivity index (χ2n) is 5.10. The zero-order valence-corrected chi connectivity index (χ0v) is 11.8. The van der Waals surface area contributed by atoms with E-state index in [4.69, 9.17) is 4.74 Å². The lowest BCUT2D eigenvalue weighted by Crippen LogP contribution is -2.41. The first-order valence-electron chi connectivity index (χ1n) is 7.03. The zero-order valence-electron chi connectivity index (χ0n) is 11.8. The minimum Gasteiger partial charge on any atom is -0.387 e. The molecule has 1 aliphatic rings. The maximum atomic E-state index is 11.6. The van der Waals surface area contributed by atoms with Gasteiger partial charge in [-0.25, -0.2) is 4.79 Å². The number of carbonyl (C=O) groups is 1. The highest BCUT2D eigenvalue weighted by atomic mass is 16.5. The molecule has 1 fully saturated rings. The molecule has 0 bridgehead atoms. The maximum absolute atomic E-state index is 11.6. The lowest BCUT2D eigenvalue weighted by atomic mass is 10.0. The van der Waals surface area contributed by atoms with Crippen LogP contribution in [0.2, 0.25) is 0 Å². The number of aliphatic hydroxyl groups excluding tert-OH is 1. The molecule has 2 rings (SSSR count). The van der Waals surface area contributed by atoms with Gasteiger partial charge in [-0.2, -0.15) is 0 Å². The predicted octanol–water partition coefficient (Wildman–Crippen LogP) is 1.51. The molecule has 1 aliphatic heterocycles. The third-order valence-electron chi connectivity index (χ3n) is 3.52. The van der Waals surface area contributed by atoms with Crippen LogP contribution in [0, 0.1) is 6.92 Å². The molecule has 0 aromatic heterocycles. The molecule has 2 atom stereocenters. The van der Waals surface area contributed by atoms with Crippen molar-refractivity contribution in [3.8, 4) is 0 Å². The van der Waals surface area contributed by atoms with Crippen LogP contribution in [0.1, 0.15) is 30.1 Å². The smallest absolute Gasteiger partial charge is 0.314 e. The Balaban J connectivity index is 1.71. The van der Waals surface area contributed by atoms with E-state index in [1.54, 1.807) is 0 Å². The van der Waals surface area contributed by atoms with Crippen molar-refractivity contribution in [1.82, 2.24) is 10.6 Å². The van der Waals surface area contributed by atoms with Crippen molar-refractivity contribution in [2.45, 2.75) is 32.0 Å². The second-order valence-corrected chi connectivity index (χ2v) is 5.10. The van der Waals surface area contributed by atoms with E-state index in [9.17, 15) is 9.90 Å². The third-order valence-corrected chi connectivity index (χ3v) is 3.52. The summed E-state index contributed by atoms with van der Waals surface area (Å²) in [5, 5.41) is 15.5. The van der Waals surface area contributed by atoms with Crippen molar-refractivity contribution in [2.24, 2.45) is 0 Å².